The van der Waals surface area contributed by atoms with Gasteiger partial charge in [0.1, 0.15) is 17.7 Å². The fraction of sp³-hybridized carbons (Fsp3) is 0.545. The Morgan fingerprint density at radius 1 is 1.21 bits per heavy atom. The third-order valence-corrected chi connectivity index (χ3v) is 6.18. The average Bonchev–Trinajstić information content (AvgIpc) is 2.87. The van der Waals surface area contributed by atoms with Gasteiger partial charge in [-0.2, -0.15) is 0 Å². The molecule has 2 aromatic rings. The summed E-state index contributed by atoms with van der Waals surface area (Å²) in [4.78, 5) is 11.4. The molecule has 0 saturated heterocycles. The van der Waals surface area contributed by atoms with Crippen LogP contribution in [0.3, 0.4) is 0 Å². The standard InChI is InChI=1S/C22H31N5O/c1-15-21(23-2)24-14-20(26-15)22(28)25-13-16-6-7-17-8-10-27(19-4-3-5-19)11-9-18(17)12-16/h6-7,12,14,19,22,25,28H,3-5,8-11,13H2,1-2H3,(H,23,24). The number of hydrogen-bond donors (Lipinski definition) is 3. The molecule has 6 heteroatoms. The zero-order chi connectivity index (χ0) is 19.5. The van der Waals surface area contributed by atoms with Crippen molar-refractivity contribution in [1.29, 1.82) is 0 Å². The summed E-state index contributed by atoms with van der Waals surface area (Å²) in [5.74, 6) is 0.734. The maximum atomic E-state index is 10.4. The van der Waals surface area contributed by atoms with Crippen LogP contribution >= 0.6 is 0 Å². The highest BCUT2D eigenvalue weighted by atomic mass is 16.3. The van der Waals surface area contributed by atoms with Gasteiger partial charge in [0.2, 0.25) is 0 Å². The topological polar surface area (TPSA) is 73.3 Å². The van der Waals surface area contributed by atoms with E-state index in [0.717, 1.165) is 30.4 Å². The van der Waals surface area contributed by atoms with E-state index < -0.39 is 6.23 Å². The summed E-state index contributed by atoms with van der Waals surface area (Å²) in [6.45, 7) is 4.85. The molecular weight excluding hydrogens is 350 g/mol. The van der Waals surface area contributed by atoms with Crippen molar-refractivity contribution in [3.8, 4) is 0 Å². The van der Waals surface area contributed by atoms with Crippen LogP contribution in [-0.2, 0) is 19.4 Å². The van der Waals surface area contributed by atoms with Gasteiger partial charge in [-0.25, -0.2) is 9.97 Å². The van der Waals surface area contributed by atoms with Crippen LogP contribution in [0.2, 0.25) is 0 Å². The number of nitrogens with one attached hydrogen (secondary N) is 2. The zero-order valence-electron chi connectivity index (χ0n) is 16.9. The van der Waals surface area contributed by atoms with Gasteiger partial charge >= 0.3 is 0 Å². The molecule has 0 bridgehead atoms. The van der Waals surface area contributed by atoms with Gasteiger partial charge in [0.15, 0.2) is 0 Å². The Morgan fingerprint density at radius 3 is 2.68 bits per heavy atom. The number of fused-ring (bicyclic) bond motifs is 1. The van der Waals surface area contributed by atoms with Gasteiger partial charge < -0.3 is 10.4 Å². The molecule has 6 nitrogen and oxygen atoms in total. The fourth-order valence-corrected chi connectivity index (χ4v) is 4.22. The SMILES string of the molecule is CNc1ncc(C(O)NCc2ccc3c(c2)CCN(C2CCC2)CC3)nc1C. The molecule has 4 rings (SSSR count). The van der Waals surface area contributed by atoms with E-state index in [0.29, 0.717) is 12.2 Å². The number of rotatable bonds is 6. The molecule has 28 heavy (non-hydrogen) atoms. The van der Waals surface area contributed by atoms with Gasteiger partial charge in [-0.05, 0) is 49.3 Å². The van der Waals surface area contributed by atoms with E-state index in [-0.39, 0.29) is 0 Å². The highest BCUT2D eigenvalue weighted by Gasteiger charge is 2.26. The monoisotopic (exact) mass is 381 g/mol. The second kappa shape index (κ2) is 8.55. The van der Waals surface area contributed by atoms with Gasteiger partial charge in [-0.15, -0.1) is 0 Å². The Bertz CT molecular complexity index is 821. The summed E-state index contributed by atoms with van der Waals surface area (Å²) in [5, 5.41) is 16.6. The summed E-state index contributed by atoms with van der Waals surface area (Å²) >= 11 is 0. The first-order chi connectivity index (χ1) is 13.6. The Kier molecular flexibility index (Phi) is 5.90. The van der Waals surface area contributed by atoms with Crippen LogP contribution in [0.25, 0.3) is 0 Å². The lowest BCUT2D eigenvalue weighted by Crippen LogP contribution is -2.41. The molecule has 1 aliphatic heterocycles. The summed E-state index contributed by atoms with van der Waals surface area (Å²) in [6.07, 6.45) is 7.20. The number of aliphatic hydroxyl groups excluding tert-OH is 1. The summed E-state index contributed by atoms with van der Waals surface area (Å²) in [6, 6.07) is 7.58. The molecule has 0 spiro atoms. The number of hydrogen-bond acceptors (Lipinski definition) is 6. The number of nitrogens with zero attached hydrogens (tertiary/aromatic N) is 3. The average molecular weight is 382 g/mol. The third kappa shape index (κ3) is 4.19. The van der Waals surface area contributed by atoms with Crippen LogP contribution in [0, 0.1) is 6.92 Å². The molecule has 0 amide bonds. The number of anilines is 1. The lowest BCUT2D eigenvalue weighted by molar-refractivity contribution is 0.132. The maximum Gasteiger partial charge on any atom is 0.149 e. The van der Waals surface area contributed by atoms with Crippen LogP contribution in [0.1, 0.15) is 53.6 Å². The largest absolute Gasteiger partial charge is 0.373 e. The molecule has 1 unspecified atom stereocenters. The van der Waals surface area contributed by atoms with Crippen molar-refractivity contribution in [2.24, 2.45) is 0 Å². The molecular formula is C22H31N5O. The minimum atomic E-state index is -0.829. The molecule has 1 atom stereocenters. The quantitative estimate of drug-likeness (QED) is 0.668. The molecule has 2 heterocycles. The summed E-state index contributed by atoms with van der Waals surface area (Å²) in [5.41, 5.74) is 5.47. The number of aryl methyl sites for hydroxylation is 1. The second-order valence-electron chi connectivity index (χ2n) is 7.99. The van der Waals surface area contributed by atoms with Crippen molar-refractivity contribution in [2.45, 2.75) is 57.8 Å². The normalized spacial score (nSPS) is 18.8. The first kappa shape index (κ1) is 19.3. The lowest BCUT2D eigenvalue weighted by Gasteiger charge is -2.36. The molecule has 1 fully saturated rings. The van der Waals surface area contributed by atoms with E-state index in [2.05, 4.69) is 43.7 Å². The molecule has 2 aliphatic rings. The number of aromatic nitrogens is 2. The highest BCUT2D eigenvalue weighted by Crippen LogP contribution is 2.27. The summed E-state index contributed by atoms with van der Waals surface area (Å²) in [7, 11) is 1.81. The van der Waals surface area contributed by atoms with Crippen molar-refractivity contribution in [2.75, 3.05) is 25.5 Å². The predicted octanol–water partition coefficient (Wildman–Crippen LogP) is 2.56. The van der Waals surface area contributed by atoms with Crippen LogP contribution in [0.5, 0.6) is 0 Å². The molecule has 1 aromatic carbocycles. The van der Waals surface area contributed by atoms with Gasteiger partial charge in [0, 0.05) is 32.7 Å². The zero-order valence-corrected chi connectivity index (χ0v) is 16.9. The van der Waals surface area contributed by atoms with Gasteiger partial charge in [0.25, 0.3) is 0 Å². The van der Waals surface area contributed by atoms with E-state index in [1.54, 1.807) is 6.20 Å². The minimum Gasteiger partial charge on any atom is -0.373 e. The fourth-order valence-electron chi connectivity index (χ4n) is 4.22. The molecule has 3 N–H and O–H groups in total. The third-order valence-electron chi connectivity index (χ3n) is 6.18. The van der Waals surface area contributed by atoms with Crippen molar-refractivity contribution >= 4 is 5.82 Å². The van der Waals surface area contributed by atoms with E-state index >= 15 is 0 Å². The van der Waals surface area contributed by atoms with E-state index in [4.69, 9.17) is 0 Å². The highest BCUT2D eigenvalue weighted by molar-refractivity contribution is 5.38. The van der Waals surface area contributed by atoms with Crippen molar-refractivity contribution in [3.63, 3.8) is 0 Å². The second-order valence-corrected chi connectivity index (χ2v) is 7.99. The molecule has 1 saturated carbocycles. The smallest absolute Gasteiger partial charge is 0.149 e. The van der Waals surface area contributed by atoms with E-state index in [1.807, 2.05) is 14.0 Å². The Morgan fingerprint density at radius 2 is 2.00 bits per heavy atom. The van der Waals surface area contributed by atoms with Crippen molar-refractivity contribution < 1.29 is 5.11 Å². The van der Waals surface area contributed by atoms with E-state index in [1.165, 1.54) is 49.0 Å². The van der Waals surface area contributed by atoms with Gasteiger partial charge in [0.05, 0.1) is 11.9 Å². The number of benzene rings is 1. The van der Waals surface area contributed by atoms with Crippen LogP contribution in [0.15, 0.2) is 24.4 Å². The molecule has 0 radical (unpaired) electrons. The number of aliphatic hydroxyl groups is 1. The van der Waals surface area contributed by atoms with Crippen molar-refractivity contribution in [3.05, 3.63) is 52.5 Å². The van der Waals surface area contributed by atoms with Gasteiger partial charge in [-0.1, -0.05) is 24.6 Å². The molecule has 1 aliphatic carbocycles. The predicted molar refractivity (Wildman–Crippen MR) is 111 cm³/mol. The maximum absolute atomic E-state index is 10.4. The Labute approximate surface area is 167 Å². The van der Waals surface area contributed by atoms with Gasteiger partial charge in [-0.3, -0.25) is 10.2 Å². The molecule has 1 aromatic heterocycles. The van der Waals surface area contributed by atoms with Crippen LogP contribution in [0.4, 0.5) is 5.82 Å². The summed E-state index contributed by atoms with van der Waals surface area (Å²) < 4.78 is 0. The lowest BCUT2D eigenvalue weighted by atomic mass is 9.91. The Balaban J connectivity index is 1.37. The first-order valence-electron chi connectivity index (χ1n) is 10.4. The first-order valence-corrected chi connectivity index (χ1v) is 10.4. The molecule has 150 valence electrons. The van der Waals surface area contributed by atoms with Crippen LogP contribution < -0.4 is 10.6 Å². The van der Waals surface area contributed by atoms with E-state index in [9.17, 15) is 5.11 Å². The van der Waals surface area contributed by atoms with Crippen LogP contribution in [-0.4, -0.2) is 46.2 Å². The Hall–Kier alpha value is -2.02. The van der Waals surface area contributed by atoms with Crippen molar-refractivity contribution in [1.82, 2.24) is 20.2 Å². The minimum absolute atomic E-state index is 0.544.